The fourth-order valence-electron chi connectivity index (χ4n) is 2.18. The molecule has 0 aromatic heterocycles. The summed E-state index contributed by atoms with van der Waals surface area (Å²) in [5.74, 6) is 0.526. The highest BCUT2D eigenvalue weighted by atomic mass is 35.7. The molecule has 0 spiro atoms. The van der Waals surface area contributed by atoms with Crippen LogP contribution in [0.1, 0.15) is 12.0 Å². The van der Waals surface area contributed by atoms with Crippen molar-refractivity contribution in [1.82, 2.24) is 0 Å². The summed E-state index contributed by atoms with van der Waals surface area (Å²) in [5, 5.41) is 0. The van der Waals surface area contributed by atoms with E-state index >= 15 is 0 Å². The molecule has 0 amide bonds. The first-order chi connectivity index (χ1) is 7.93. The monoisotopic (exact) mass is 275 g/mol. The van der Waals surface area contributed by atoms with Crippen LogP contribution in [0.5, 0.6) is 5.75 Å². The summed E-state index contributed by atoms with van der Waals surface area (Å²) >= 11 is 0. The lowest BCUT2D eigenvalue weighted by molar-refractivity contribution is 0.412. The van der Waals surface area contributed by atoms with Crippen LogP contribution in [-0.4, -0.2) is 29.1 Å². The van der Waals surface area contributed by atoms with E-state index in [9.17, 15) is 8.42 Å². The van der Waals surface area contributed by atoms with Crippen LogP contribution in [0.4, 0.5) is 5.69 Å². The van der Waals surface area contributed by atoms with Gasteiger partial charge in [-0.1, -0.05) is 0 Å². The molecule has 0 atom stereocenters. The van der Waals surface area contributed by atoms with Crippen LogP contribution < -0.4 is 9.64 Å². The first-order valence-corrected chi connectivity index (χ1v) is 7.61. The molecule has 1 aliphatic heterocycles. The van der Waals surface area contributed by atoms with Crippen molar-refractivity contribution in [3.05, 3.63) is 17.7 Å². The van der Waals surface area contributed by atoms with Gasteiger partial charge in [0, 0.05) is 30.3 Å². The van der Waals surface area contributed by atoms with Crippen LogP contribution >= 0.6 is 10.7 Å². The summed E-state index contributed by atoms with van der Waals surface area (Å²) in [6.07, 6.45) is 1.84. The van der Waals surface area contributed by atoms with Gasteiger partial charge in [0.05, 0.1) is 12.8 Å². The van der Waals surface area contributed by atoms with Gasteiger partial charge >= 0.3 is 0 Å². The number of hydrogen-bond donors (Lipinski definition) is 0. The molecule has 17 heavy (non-hydrogen) atoms. The van der Waals surface area contributed by atoms with E-state index in [1.165, 1.54) is 13.2 Å². The lowest BCUT2D eigenvalue weighted by Crippen LogP contribution is -2.26. The predicted octanol–water partition coefficient (Wildman–Crippen LogP) is 2.01. The molecule has 0 fully saturated rings. The molecule has 4 nitrogen and oxygen atoms in total. The van der Waals surface area contributed by atoms with E-state index in [4.69, 9.17) is 15.4 Å². The molecule has 1 heterocycles. The Hall–Kier alpha value is -0.940. The van der Waals surface area contributed by atoms with Crippen molar-refractivity contribution in [3.8, 4) is 5.75 Å². The summed E-state index contributed by atoms with van der Waals surface area (Å²) in [6, 6.07) is 3.35. The van der Waals surface area contributed by atoms with Crippen LogP contribution in [0.15, 0.2) is 17.0 Å². The van der Waals surface area contributed by atoms with Crippen molar-refractivity contribution in [3.63, 3.8) is 0 Å². The van der Waals surface area contributed by atoms with Gasteiger partial charge in [-0.05, 0) is 24.5 Å². The van der Waals surface area contributed by atoms with E-state index in [2.05, 4.69) is 0 Å². The van der Waals surface area contributed by atoms with Crippen molar-refractivity contribution in [2.75, 3.05) is 25.6 Å². The maximum atomic E-state index is 11.6. The Morgan fingerprint density at radius 2 is 2.12 bits per heavy atom. The second kappa shape index (κ2) is 4.38. The van der Waals surface area contributed by atoms with Gasteiger partial charge in [0.1, 0.15) is 10.6 Å². The number of fused-ring (bicyclic) bond motifs is 1. The lowest BCUT2D eigenvalue weighted by Gasteiger charge is -2.29. The van der Waals surface area contributed by atoms with Gasteiger partial charge < -0.3 is 9.64 Å². The van der Waals surface area contributed by atoms with Crippen LogP contribution in [0, 0.1) is 0 Å². The average Bonchev–Trinajstić information content (AvgIpc) is 2.26. The number of hydrogen-bond acceptors (Lipinski definition) is 4. The number of anilines is 1. The van der Waals surface area contributed by atoms with Crippen molar-refractivity contribution in [1.29, 1.82) is 0 Å². The number of nitrogens with zero attached hydrogens (tertiary/aromatic N) is 1. The molecule has 0 saturated carbocycles. The number of ether oxygens (including phenoxy) is 1. The standard InChI is InChI=1S/C11H14ClNO3S/c1-13-5-3-4-8-6-9(16-2)7-10(11(8)13)17(12,14)15/h6-7H,3-5H2,1-2H3. The minimum Gasteiger partial charge on any atom is -0.497 e. The number of aryl methyl sites for hydroxylation is 1. The molecule has 6 heteroatoms. The smallest absolute Gasteiger partial charge is 0.263 e. The summed E-state index contributed by atoms with van der Waals surface area (Å²) in [7, 11) is 5.10. The third-order valence-electron chi connectivity index (χ3n) is 2.95. The summed E-state index contributed by atoms with van der Waals surface area (Å²) in [5.41, 5.74) is 1.67. The maximum absolute atomic E-state index is 11.6. The largest absolute Gasteiger partial charge is 0.497 e. The first kappa shape index (κ1) is 12.5. The van der Waals surface area contributed by atoms with E-state index in [1.807, 2.05) is 18.0 Å². The van der Waals surface area contributed by atoms with Crippen molar-refractivity contribution in [2.45, 2.75) is 17.7 Å². The molecule has 1 aromatic carbocycles. The normalized spacial score (nSPS) is 15.6. The fraction of sp³-hybridized carbons (Fsp3) is 0.455. The Balaban J connectivity index is 2.71. The zero-order valence-corrected chi connectivity index (χ0v) is 11.3. The minimum absolute atomic E-state index is 0.135. The predicted molar refractivity (Wildman–Crippen MR) is 67.6 cm³/mol. The van der Waals surface area contributed by atoms with Crippen LogP contribution in [0.3, 0.4) is 0 Å². The van der Waals surface area contributed by atoms with Gasteiger partial charge in [-0.15, -0.1) is 0 Å². The maximum Gasteiger partial charge on any atom is 0.263 e. The highest BCUT2D eigenvalue weighted by Gasteiger charge is 2.25. The van der Waals surface area contributed by atoms with E-state index < -0.39 is 9.05 Å². The third-order valence-corrected chi connectivity index (χ3v) is 4.28. The summed E-state index contributed by atoms with van der Waals surface area (Å²) in [6.45, 7) is 0.832. The van der Waals surface area contributed by atoms with Gasteiger partial charge in [0.2, 0.25) is 0 Å². The van der Waals surface area contributed by atoms with Gasteiger partial charge in [-0.25, -0.2) is 8.42 Å². The Labute approximate surface area is 106 Å². The molecule has 1 aliphatic rings. The Kier molecular flexibility index (Phi) is 3.23. The molecule has 0 saturated heterocycles. The zero-order valence-electron chi connectivity index (χ0n) is 9.73. The molecule has 0 N–H and O–H groups in total. The van der Waals surface area contributed by atoms with Crippen LogP contribution in [-0.2, 0) is 15.5 Å². The lowest BCUT2D eigenvalue weighted by atomic mass is 10.0. The Morgan fingerprint density at radius 1 is 1.41 bits per heavy atom. The second-order valence-electron chi connectivity index (χ2n) is 4.10. The SMILES string of the molecule is COc1cc2c(c(S(=O)(=O)Cl)c1)N(C)CCC2. The van der Waals surface area contributed by atoms with Crippen LogP contribution in [0.25, 0.3) is 0 Å². The minimum atomic E-state index is -3.76. The Bertz CT molecular complexity index is 542. The zero-order chi connectivity index (χ0) is 12.6. The second-order valence-corrected chi connectivity index (χ2v) is 6.63. The molecule has 0 aliphatic carbocycles. The number of halogens is 1. The first-order valence-electron chi connectivity index (χ1n) is 5.30. The van der Waals surface area contributed by atoms with E-state index in [-0.39, 0.29) is 4.90 Å². The number of benzene rings is 1. The van der Waals surface area contributed by atoms with Gasteiger partial charge in [0.25, 0.3) is 9.05 Å². The molecule has 0 bridgehead atoms. The van der Waals surface area contributed by atoms with Crippen molar-refractivity contribution in [2.24, 2.45) is 0 Å². The fourth-order valence-corrected chi connectivity index (χ4v) is 3.31. The third kappa shape index (κ3) is 2.35. The highest BCUT2D eigenvalue weighted by Crippen LogP contribution is 2.37. The molecule has 1 aromatic rings. The van der Waals surface area contributed by atoms with E-state index in [0.717, 1.165) is 24.9 Å². The molecular weight excluding hydrogens is 262 g/mol. The highest BCUT2D eigenvalue weighted by molar-refractivity contribution is 8.13. The van der Waals surface area contributed by atoms with Crippen LogP contribution in [0.2, 0.25) is 0 Å². The van der Waals surface area contributed by atoms with Gasteiger partial charge in [-0.3, -0.25) is 0 Å². The summed E-state index contributed by atoms with van der Waals surface area (Å²) in [4.78, 5) is 2.06. The summed E-state index contributed by atoms with van der Waals surface area (Å²) < 4.78 is 28.3. The van der Waals surface area contributed by atoms with Gasteiger partial charge in [-0.2, -0.15) is 0 Å². The number of methoxy groups -OCH3 is 1. The van der Waals surface area contributed by atoms with Crippen molar-refractivity contribution < 1.29 is 13.2 Å². The van der Waals surface area contributed by atoms with Crippen molar-refractivity contribution >= 4 is 25.4 Å². The molecule has 2 rings (SSSR count). The molecule has 0 unspecified atom stereocenters. The van der Waals surface area contributed by atoms with E-state index in [0.29, 0.717) is 11.4 Å². The van der Waals surface area contributed by atoms with E-state index in [1.54, 1.807) is 0 Å². The topological polar surface area (TPSA) is 46.6 Å². The quantitative estimate of drug-likeness (QED) is 0.775. The molecule has 0 radical (unpaired) electrons. The number of rotatable bonds is 2. The Morgan fingerprint density at radius 3 is 2.71 bits per heavy atom. The average molecular weight is 276 g/mol. The molecule has 94 valence electrons. The molecular formula is C11H14ClNO3S. The van der Waals surface area contributed by atoms with Gasteiger partial charge in [0.15, 0.2) is 0 Å².